The average Bonchev–Trinajstić information content (AvgIpc) is 3.30. The first-order valence-corrected chi connectivity index (χ1v) is 9.33. The monoisotopic (exact) mass is 351 g/mol. The van der Waals surface area contributed by atoms with Crippen molar-refractivity contribution in [2.45, 2.75) is 45.7 Å². The highest BCUT2D eigenvalue weighted by atomic mass is 15.3. The summed E-state index contributed by atoms with van der Waals surface area (Å²) in [5.41, 5.74) is 1.05. The summed E-state index contributed by atoms with van der Waals surface area (Å²) in [6.07, 6.45) is 2.30. The van der Waals surface area contributed by atoms with Gasteiger partial charge in [0, 0.05) is 24.6 Å². The Labute approximate surface area is 153 Å². The van der Waals surface area contributed by atoms with E-state index >= 15 is 0 Å². The van der Waals surface area contributed by atoms with Gasteiger partial charge in [0.1, 0.15) is 17.5 Å². The average molecular weight is 351 g/mol. The molecule has 1 aromatic carbocycles. The Bertz CT molecular complexity index is 852. The third-order valence-electron chi connectivity index (χ3n) is 5.12. The van der Waals surface area contributed by atoms with Crippen LogP contribution in [0.15, 0.2) is 30.3 Å². The van der Waals surface area contributed by atoms with Gasteiger partial charge < -0.3 is 4.57 Å². The molecule has 7 heteroatoms. The minimum absolute atomic E-state index is 0.382. The Morgan fingerprint density at radius 1 is 1.19 bits per heavy atom. The third-order valence-corrected chi connectivity index (χ3v) is 5.12. The van der Waals surface area contributed by atoms with Crippen molar-refractivity contribution < 1.29 is 0 Å². The van der Waals surface area contributed by atoms with Crippen molar-refractivity contribution in [3.05, 3.63) is 47.8 Å². The van der Waals surface area contributed by atoms with E-state index < -0.39 is 0 Å². The van der Waals surface area contributed by atoms with Gasteiger partial charge in [-0.3, -0.25) is 10.00 Å². The topological polar surface area (TPSA) is 75.5 Å². The lowest BCUT2D eigenvalue weighted by molar-refractivity contribution is 0.190. The molecule has 0 aliphatic carbocycles. The molecular formula is C19H25N7. The fraction of sp³-hybridized carbons (Fsp3) is 0.474. The highest BCUT2D eigenvalue weighted by Gasteiger charge is 2.25. The second-order valence-electron chi connectivity index (χ2n) is 6.89. The number of aromatic nitrogens is 6. The molecule has 136 valence electrons. The molecule has 7 nitrogen and oxygen atoms in total. The number of likely N-dealkylation sites (tertiary alicyclic amines) is 1. The number of aromatic amines is 1. The lowest BCUT2D eigenvalue weighted by Gasteiger charge is -2.31. The van der Waals surface area contributed by atoms with Crippen LogP contribution in [0.25, 0.3) is 11.4 Å². The number of rotatable bonds is 5. The van der Waals surface area contributed by atoms with E-state index in [1.165, 1.54) is 0 Å². The molecule has 0 bridgehead atoms. The van der Waals surface area contributed by atoms with Crippen LogP contribution >= 0.6 is 0 Å². The van der Waals surface area contributed by atoms with Crippen LogP contribution in [-0.2, 0) is 13.1 Å². The number of piperidine rings is 1. The zero-order valence-corrected chi connectivity index (χ0v) is 15.4. The molecule has 0 radical (unpaired) electrons. The van der Waals surface area contributed by atoms with Gasteiger partial charge in [-0.1, -0.05) is 30.3 Å². The van der Waals surface area contributed by atoms with Gasteiger partial charge in [-0.15, -0.1) is 10.2 Å². The van der Waals surface area contributed by atoms with Gasteiger partial charge in [0.2, 0.25) is 0 Å². The molecule has 4 rings (SSSR count). The predicted molar refractivity (Wildman–Crippen MR) is 99.5 cm³/mol. The summed E-state index contributed by atoms with van der Waals surface area (Å²) in [6.45, 7) is 7.96. The van der Waals surface area contributed by atoms with Crippen LogP contribution in [0.1, 0.15) is 43.2 Å². The first-order valence-electron chi connectivity index (χ1n) is 9.33. The van der Waals surface area contributed by atoms with Crippen LogP contribution < -0.4 is 0 Å². The maximum atomic E-state index is 4.76. The van der Waals surface area contributed by atoms with Gasteiger partial charge in [0.15, 0.2) is 5.82 Å². The Kier molecular flexibility index (Phi) is 4.79. The third kappa shape index (κ3) is 3.39. The molecule has 3 heterocycles. The van der Waals surface area contributed by atoms with E-state index in [9.17, 15) is 0 Å². The number of nitrogens with zero attached hydrogens (tertiary/aromatic N) is 6. The van der Waals surface area contributed by atoms with Gasteiger partial charge in [-0.25, -0.2) is 4.98 Å². The largest absolute Gasteiger partial charge is 0.314 e. The molecule has 1 saturated heterocycles. The summed E-state index contributed by atoms with van der Waals surface area (Å²) in [7, 11) is 0. The molecule has 0 spiro atoms. The van der Waals surface area contributed by atoms with Gasteiger partial charge >= 0.3 is 0 Å². The number of aryl methyl sites for hydroxylation is 1. The van der Waals surface area contributed by atoms with E-state index in [-0.39, 0.29) is 0 Å². The summed E-state index contributed by atoms with van der Waals surface area (Å²) in [5, 5.41) is 16.2. The number of H-pyrrole nitrogens is 1. The summed E-state index contributed by atoms with van der Waals surface area (Å²) >= 11 is 0. The molecule has 0 saturated carbocycles. The smallest absolute Gasteiger partial charge is 0.181 e. The van der Waals surface area contributed by atoms with Crippen LogP contribution in [0.3, 0.4) is 0 Å². The number of nitrogens with one attached hydrogen (secondary N) is 1. The molecule has 3 aromatic rings. The van der Waals surface area contributed by atoms with Crippen molar-refractivity contribution in [2.75, 3.05) is 13.1 Å². The molecular weight excluding hydrogens is 326 g/mol. The van der Waals surface area contributed by atoms with E-state index in [2.05, 4.69) is 36.8 Å². The molecule has 0 amide bonds. The highest BCUT2D eigenvalue weighted by molar-refractivity contribution is 5.53. The fourth-order valence-electron chi connectivity index (χ4n) is 3.75. The van der Waals surface area contributed by atoms with E-state index in [0.717, 1.165) is 67.9 Å². The minimum Gasteiger partial charge on any atom is -0.314 e. The zero-order chi connectivity index (χ0) is 17.9. The van der Waals surface area contributed by atoms with Crippen LogP contribution in [0.5, 0.6) is 0 Å². The van der Waals surface area contributed by atoms with Crippen LogP contribution in [-0.4, -0.2) is 47.9 Å². The Morgan fingerprint density at radius 3 is 2.85 bits per heavy atom. The van der Waals surface area contributed by atoms with E-state index in [1.54, 1.807) is 0 Å². The van der Waals surface area contributed by atoms with Crippen molar-refractivity contribution in [3.63, 3.8) is 0 Å². The fourth-order valence-corrected chi connectivity index (χ4v) is 3.75. The molecule has 26 heavy (non-hydrogen) atoms. The van der Waals surface area contributed by atoms with Crippen molar-refractivity contribution in [1.29, 1.82) is 0 Å². The second-order valence-corrected chi connectivity index (χ2v) is 6.89. The number of benzene rings is 1. The van der Waals surface area contributed by atoms with Gasteiger partial charge in [0.25, 0.3) is 0 Å². The van der Waals surface area contributed by atoms with Crippen molar-refractivity contribution >= 4 is 0 Å². The lowest BCUT2D eigenvalue weighted by atomic mass is 9.97. The van der Waals surface area contributed by atoms with Crippen LogP contribution in [0.2, 0.25) is 0 Å². The molecule has 1 aliphatic rings. The summed E-state index contributed by atoms with van der Waals surface area (Å²) < 4.78 is 2.19. The lowest BCUT2D eigenvalue weighted by Crippen LogP contribution is -2.35. The maximum absolute atomic E-state index is 4.76. The van der Waals surface area contributed by atoms with Crippen molar-refractivity contribution in [2.24, 2.45) is 0 Å². The Hall–Kier alpha value is -2.54. The van der Waals surface area contributed by atoms with E-state index in [4.69, 9.17) is 4.98 Å². The molecule has 1 atom stereocenters. The van der Waals surface area contributed by atoms with Crippen LogP contribution in [0.4, 0.5) is 0 Å². The predicted octanol–water partition coefficient (Wildman–Crippen LogP) is 2.77. The second kappa shape index (κ2) is 7.37. The van der Waals surface area contributed by atoms with Gasteiger partial charge in [-0.2, -0.15) is 5.10 Å². The van der Waals surface area contributed by atoms with Crippen molar-refractivity contribution in [1.82, 2.24) is 34.8 Å². The quantitative estimate of drug-likeness (QED) is 0.765. The molecule has 1 N–H and O–H groups in total. The summed E-state index contributed by atoms with van der Waals surface area (Å²) in [6, 6.07) is 10.1. The summed E-state index contributed by atoms with van der Waals surface area (Å²) in [4.78, 5) is 7.21. The molecule has 2 aromatic heterocycles. The van der Waals surface area contributed by atoms with E-state index in [1.807, 2.05) is 37.3 Å². The van der Waals surface area contributed by atoms with E-state index in [0.29, 0.717) is 5.92 Å². The number of hydrogen-bond acceptors (Lipinski definition) is 5. The molecule has 1 aliphatic heterocycles. The molecule has 1 fully saturated rings. The first-order chi connectivity index (χ1) is 12.7. The maximum Gasteiger partial charge on any atom is 0.181 e. The highest BCUT2D eigenvalue weighted by Crippen LogP contribution is 2.26. The Morgan fingerprint density at radius 2 is 2.04 bits per heavy atom. The molecule has 1 unspecified atom stereocenters. The minimum atomic E-state index is 0.382. The standard InChI is InChI=1S/C19H25N7/c1-3-26-14(2)21-22-17(26)13-25-11-7-10-16(12-25)19-20-18(23-24-19)15-8-5-4-6-9-15/h4-6,8-9,16H,3,7,10-13H2,1-2H3,(H,20,23,24). The van der Waals surface area contributed by atoms with Crippen LogP contribution in [0, 0.1) is 6.92 Å². The Balaban J connectivity index is 1.46. The first kappa shape index (κ1) is 16.9. The zero-order valence-electron chi connectivity index (χ0n) is 15.4. The van der Waals surface area contributed by atoms with Gasteiger partial charge in [-0.05, 0) is 33.2 Å². The van der Waals surface area contributed by atoms with Gasteiger partial charge in [0.05, 0.1) is 6.54 Å². The normalized spacial score (nSPS) is 18.3. The van der Waals surface area contributed by atoms with Crippen molar-refractivity contribution in [3.8, 4) is 11.4 Å². The number of hydrogen-bond donors (Lipinski definition) is 1. The SMILES string of the molecule is CCn1c(C)nnc1CN1CCCC(c2nc(-c3ccccc3)n[nH]2)C1. The summed E-state index contributed by atoms with van der Waals surface area (Å²) in [5.74, 6) is 4.18.